The molecule has 6 heteroatoms. The quantitative estimate of drug-likeness (QED) is 0.767. The maximum Gasteiger partial charge on any atom is 0.226 e. The summed E-state index contributed by atoms with van der Waals surface area (Å²) in [5.41, 5.74) is 3.94. The van der Waals surface area contributed by atoms with Crippen molar-refractivity contribution in [1.82, 2.24) is 14.8 Å². The molecule has 6 nitrogen and oxygen atoms in total. The Hall–Kier alpha value is -3.15. The Bertz CT molecular complexity index is 999. The van der Waals surface area contributed by atoms with Crippen LogP contribution in [0.25, 0.3) is 0 Å². The molecule has 0 amide bonds. The fourth-order valence-corrected chi connectivity index (χ4v) is 3.93. The van der Waals surface area contributed by atoms with Gasteiger partial charge in [-0.05, 0) is 31.0 Å². The van der Waals surface area contributed by atoms with Crippen LogP contribution in [0.3, 0.4) is 0 Å². The van der Waals surface area contributed by atoms with Gasteiger partial charge in [0, 0.05) is 23.6 Å². The first-order chi connectivity index (χ1) is 12.7. The van der Waals surface area contributed by atoms with Crippen molar-refractivity contribution < 1.29 is 9.21 Å². The van der Waals surface area contributed by atoms with Crippen molar-refractivity contribution in [3.8, 4) is 0 Å². The number of benzene rings is 1. The molecule has 3 heterocycles. The van der Waals surface area contributed by atoms with Crippen molar-refractivity contribution in [1.29, 1.82) is 0 Å². The number of furan rings is 1. The largest absolute Gasteiger partial charge is 0.469 e. The predicted octanol–water partition coefficient (Wildman–Crippen LogP) is 3.60. The molecule has 0 spiro atoms. The van der Waals surface area contributed by atoms with Crippen LogP contribution < -0.4 is 5.32 Å². The van der Waals surface area contributed by atoms with E-state index in [1.807, 2.05) is 12.1 Å². The molecule has 0 saturated carbocycles. The summed E-state index contributed by atoms with van der Waals surface area (Å²) in [6, 6.07) is 11.8. The smallest absolute Gasteiger partial charge is 0.226 e. The summed E-state index contributed by atoms with van der Waals surface area (Å²) in [6.45, 7) is 2.05. The second-order valence-electron chi connectivity index (χ2n) is 6.90. The fraction of sp³-hybridized carbons (Fsp3) is 0.250. The van der Waals surface area contributed by atoms with Crippen molar-refractivity contribution in [3.63, 3.8) is 0 Å². The molecule has 1 aliphatic heterocycles. The number of Topliss-reactive ketones (excluding diaryl/α,β-unsaturated/α-hetero) is 1. The van der Waals surface area contributed by atoms with Gasteiger partial charge in [-0.3, -0.25) is 4.79 Å². The van der Waals surface area contributed by atoms with E-state index in [2.05, 4.69) is 46.6 Å². The van der Waals surface area contributed by atoms with Crippen molar-refractivity contribution in [3.05, 3.63) is 77.1 Å². The first-order valence-corrected chi connectivity index (χ1v) is 8.73. The van der Waals surface area contributed by atoms with Crippen LogP contribution in [0, 0.1) is 6.92 Å². The van der Waals surface area contributed by atoms with Gasteiger partial charge in [0.1, 0.15) is 18.1 Å². The van der Waals surface area contributed by atoms with E-state index in [0.29, 0.717) is 12.4 Å². The second kappa shape index (κ2) is 5.69. The Morgan fingerprint density at radius 2 is 2.04 bits per heavy atom. The van der Waals surface area contributed by atoms with Gasteiger partial charge in [-0.2, -0.15) is 10.1 Å². The summed E-state index contributed by atoms with van der Waals surface area (Å²) >= 11 is 0. The summed E-state index contributed by atoms with van der Waals surface area (Å²) in [6.07, 6.45) is 4.35. The van der Waals surface area contributed by atoms with Crippen LogP contribution >= 0.6 is 0 Å². The van der Waals surface area contributed by atoms with E-state index < -0.39 is 0 Å². The number of aromatic nitrogens is 3. The van der Waals surface area contributed by atoms with Crippen LogP contribution in [0.2, 0.25) is 0 Å². The zero-order valence-electron chi connectivity index (χ0n) is 14.3. The topological polar surface area (TPSA) is 73.0 Å². The molecular weight excluding hydrogens is 328 g/mol. The zero-order valence-corrected chi connectivity index (χ0v) is 14.3. The highest BCUT2D eigenvalue weighted by molar-refractivity contribution is 6.00. The van der Waals surface area contributed by atoms with E-state index >= 15 is 0 Å². The van der Waals surface area contributed by atoms with Crippen LogP contribution in [0.1, 0.15) is 41.7 Å². The van der Waals surface area contributed by atoms with E-state index in [1.165, 1.54) is 11.9 Å². The number of nitrogens with one attached hydrogen (secondary N) is 1. The summed E-state index contributed by atoms with van der Waals surface area (Å²) < 4.78 is 7.34. The molecule has 26 heavy (non-hydrogen) atoms. The van der Waals surface area contributed by atoms with E-state index in [0.717, 1.165) is 29.0 Å². The predicted molar refractivity (Wildman–Crippen MR) is 95.7 cm³/mol. The first-order valence-electron chi connectivity index (χ1n) is 8.73. The van der Waals surface area contributed by atoms with Gasteiger partial charge in [-0.1, -0.05) is 29.8 Å². The highest BCUT2D eigenvalue weighted by atomic mass is 16.3. The van der Waals surface area contributed by atoms with Crippen LogP contribution in [-0.4, -0.2) is 20.5 Å². The fourth-order valence-electron chi connectivity index (χ4n) is 3.93. The highest BCUT2D eigenvalue weighted by Crippen LogP contribution is 2.43. The summed E-state index contributed by atoms with van der Waals surface area (Å²) in [5, 5.41) is 7.69. The number of hydrogen-bond donors (Lipinski definition) is 1. The standard InChI is InChI=1S/C20H18N4O2/c1-12-4-6-13(7-5-12)19-18-15(23-20-21-11-22-24(19)20)9-14(10-16(18)25)17-3-2-8-26-17/h2-8,11,14,19H,9-10H2,1H3,(H,21,22,23). The molecule has 2 aromatic heterocycles. The van der Waals surface area contributed by atoms with E-state index in [4.69, 9.17) is 4.42 Å². The molecule has 0 radical (unpaired) electrons. The molecule has 0 saturated heterocycles. The number of nitrogens with zero attached hydrogens (tertiary/aromatic N) is 3. The Kier molecular flexibility index (Phi) is 3.31. The Labute approximate surface area is 150 Å². The van der Waals surface area contributed by atoms with Crippen molar-refractivity contribution >= 4 is 11.7 Å². The number of anilines is 1. The van der Waals surface area contributed by atoms with Crippen LogP contribution in [0.15, 0.2) is 64.7 Å². The van der Waals surface area contributed by atoms with Gasteiger partial charge in [0.25, 0.3) is 0 Å². The number of rotatable bonds is 2. The minimum Gasteiger partial charge on any atom is -0.469 e. The lowest BCUT2D eigenvalue weighted by Crippen LogP contribution is -2.33. The molecule has 2 unspecified atom stereocenters. The maximum atomic E-state index is 13.1. The third kappa shape index (κ3) is 2.29. The maximum absolute atomic E-state index is 13.1. The lowest BCUT2D eigenvalue weighted by Gasteiger charge is -2.34. The number of ketones is 1. The molecule has 5 rings (SSSR count). The average Bonchev–Trinajstić information content (AvgIpc) is 3.32. The number of carbonyl (C=O) groups excluding carboxylic acids is 1. The highest BCUT2D eigenvalue weighted by Gasteiger charge is 2.39. The minimum atomic E-state index is -0.241. The van der Waals surface area contributed by atoms with Crippen molar-refractivity contribution in [2.75, 3.05) is 5.32 Å². The number of allylic oxidation sites excluding steroid dienone is 2. The molecule has 3 aromatic rings. The van der Waals surface area contributed by atoms with Crippen LogP contribution in [0.5, 0.6) is 0 Å². The summed E-state index contributed by atoms with van der Waals surface area (Å²) in [7, 11) is 0. The number of aryl methyl sites for hydroxylation is 1. The molecule has 1 aliphatic carbocycles. The molecule has 2 aliphatic rings. The second-order valence-corrected chi connectivity index (χ2v) is 6.90. The molecular formula is C20H18N4O2. The van der Waals surface area contributed by atoms with E-state index in [1.54, 1.807) is 10.9 Å². The third-order valence-electron chi connectivity index (χ3n) is 5.20. The van der Waals surface area contributed by atoms with Gasteiger partial charge in [-0.15, -0.1) is 0 Å². The van der Waals surface area contributed by atoms with Gasteiger partial charge in [0.15, 0.2) is 5.78 Å². The average molecular weight is 346 g/mol. The summed E-state index contributed by atoms with van der Waals surface area (Å²) in [5.74, 6) is 1.71. The van der Waals surface area contributed by atoms with Gasteiger partial charge in [-0.25, -0.2) is 4.68 Å². The van der Waals surface area contributed by atoms with Gasteiger partial charge >= 0.3 is 0 Å². The molecule has 130 valence electrons. The minimum absolute atomic E-state index is 0.0527. The lowest BCUT2D eigenvalue weighted by atomic mass is 9.79. The molecule has 2 atom stereocenters. The third-order valence-corrected chi connectivity index (χ3v) is 5.20. The van der Waals surface area contributed by atoms with Gasteiger partial charge in [0.2, 0.25) is 5.95 Å². The van der Waals surface area contributed by atoms with E-state index in [9.17, 15) is 4.79 Å². The normalized spacial score (nSPS) is 22.0. The van der Waals surface area contributed by atoms with Crippen LogP contribution in [0.4, 0.5) is 5.95 Å². The number of fused-ring (bicyclic) bond motifs is 1. The van der Waals surface area contributed by atoms with Crippen LogP contribution in [-0.2, 0) is 4.79 Å². The van der Waals surface area contributed by atoms with Crippen molar-refractivity contribution in [2.24, 2.45) is 0 Å². The van der Waals surface area contributed by atoms with Gasteiger partial charge < -0.3 is 9.73 Å². The first kappa shape index (κ1) is 15.1. The van der Waals surface area contributed by atoms with E-state index in [-0.39, 0.29) is 17.7 Å². The molecule has 1 N–H and O–H groups in total. The summed E-state index contributed by atoms with van der Waals surface area (Å²) in [4.78, 5) is 17.4. The molecule has 1 aromatic carbocycles. The Morgan fingerprint density at radius 3 is 2.81 bits per heavy atom. The Balaban J connectivity index is 1.62. The van der Waals surface area contributed by atoms with Crippen molar-refractivity contribution in [2.45, 2.75) is 31.7 Å². The molecule has 0 fully saturated rings. The zero-order chi connectivity index (χ0) is 17.7. The molecule has 0 bridgehead atoms. The Morgan fingerprint density at radius 1 is 1.19 bits per heavy atom. The number of hydrogen-bond acceptors (Lipinski definition) is 5. The lowest BCUT2D eigenvalue weighted by molar-refractivity contribution is -0.117. The monoisotopic (exact) mass is 346 g/mol. The van der Waals surface area contributed by atoms with Gasteiger partial charge in [0.05, 0.1) is 6.26 Å². The SMILES string of the molecule is Cc1ccc(C2C3=C(CC(c4ccco4)CC3=O)Nc3ncnn32)cc1. The number of carbonyl (C=O) groups is 1.